The lowest BCUT2D eigenvalue weighted by Gasteiger charge is -2.38. The Bertz CT molecular complexity index is 548. The molecular formula is C28H46F2O2. The third-order valence-corrected chi connectivity index (χ3v) is 8.27. The third kappa shape index (κ3) is 9.25. The van der Waals surface area contributed by atoms with Gasteiger partial charge in [-0.2, -0.15) is 8.78 Å². The SMILES string of the molecule is CCCC=CC1OCC(CCCCC2CCC(C3CCC(CC=C(F)F)CC3)CC2)CO1. The fourth-order valence-electron chi connectivity index (χ4n) is 6.18. The van der Waals surface area contributed by atoms with Gasteiger partial charge in [-0.15, -0.1) is 0 Å². The molecule has 3 aliphatic rings. The Kier molecular flexibility index (Phi) is 11.7. The second-order valence-electron chi connectivity index (χ2n) is 10.7. The molecule has 3 fully saturated rings. The molecule has 0 aromatic heterocycles. The number of halogens is 2. The summed E-state index contributed by atoms with van der Waals surface area (Å²) in [4.78, 5) is 0. The lowest BCUT2D eigenvalue weighted by atomic mass is 9.68. The first kappa shape index (κ1) is 25.9. The standard InChI is InChI=1S/C28H46F2O2/c1-2-3-4-9-28-31-20-24(21-32-28)8-6-5-7-22-10-15-25(16-11-22)26-17-12-23(13-18-26)14-19-27(29)30/h4,9,19,22-26,28H,2-3,5-8,10-18,20-21H2,1H3. The van der Waals surface area contributed by atoms with E-state index in [2.05, 4.69) is 19.1 Å². The Morgan fingerprint density at radius 1 is 0.781 bits per heavy atom. The first-order valence-corrected chi connectivity index (χ1v) is 13.5. The van der Waals surface area contributed by atoms with Crippen LogP contribution in [0.4, 0.5) is 8.78 Å². The van der Waals surface area contributed by atoms with Crippen LogP contribution in [-0.2, 0) is 9.47 Å². The maximum absolute atomic E-state index is 12.3. The van der Waals surface area contributed by atoms with Crippen LogP contribution >= 0.6 is 0 Å². The van der Waals surface area contributed by atoms with E-state index >= 15 is 0 Å². The van der Waals surface area contributed by atoms with E-state index in [9.17, 15) is 8.78 Å². The summed E-state index contributed by atoms with van der Waals surface area (Å²) in [5.41, 5.74) is 0. The lowest BCUT2D eigenvalue weighted by Crippen LogP contribution is -2.30. The van der Waals surface area contributed by atoms with Gasteiger partial charge in [0.25, 0.3) is 6.08 Å². The van der Waals surface area contributed by atoms with Crippen molar-refractivity contribution < 1.29 is 18.3 Å². The average Bonchev–Trinajstić information content (AvgIpc) is 2.82. The maximum Gasteiger partial charge on any atom is 0.266 e. The molecule has 0 N–H and O–H groups in total. The fraction of sp³-hybridized carbons (Fsp3) is 0.857. The van der Waals surface area contributed by atoms with Gasteiger partial charge in [-0.05, 0) is 93.6 Å². The zero-order valence-electron chi connectivity index (χ0n) is 20.3. The van der Waals surface area contributed by atoms with Crippen LogP contribution in [0.5, 0.6) is 0 Å². The summed E-state index contributed by atoms with van der Waals surface area (Å²) >= 11 is 0. The summed E-state index contributed by atoms with van der Waals surface area (Å²) < 4.78 is 36.3. The molecule has 2 aliphatic carbocycles. The predicted molar refractivity (Wildman–Crippen MR) is 128 cm³/mol. The third-order valence-electron chi connectivity index (χ3n) is 8.27. The van der Waals surface area contributed by atoms with Gasteiger partial charge in [0.05, 0.1) is 13.2 Å². The Morgan fingerprint density at radius 3 is 1.91 bits per heavy atom. The Labute approximate surface area is 195 Å². The number of rotatable bonds is 11. The van der Waals surface area contributed by atoms with Crippen LogP contribution in [0.25, 0.3) is 0 Å². The largest absolute Gasteiger partial charge is 0.349 e. The van der Waals surface area contributed by atoms with Crippen molar-refractivity contribution in [3.63, 3.8) is 0 Å². The number of allylic oxidation sites excluding steroid dienone is 2. The van der Waals surface area contributed by atoms with Gasteiger partial charge in [0, 0.05) is 5.92 Å². The van der Waals surface area contributed by atoms with Gasteiger partial charge < -0.3 is 9.47 Å². The number of ether oxygens (including phenoxy) is 2. The summed E-state index contributed by atoms with van der Waals surface area (Å²) in [7, 11) is 0. The highest BCUT2D eigenvalue weighted by Crippen LogP contribution is 2.43. The van der Waals surface area contributed by atoms with Crippen molar-refractivity contribution in [3.8, 4) is 0 Å². The van der Waals surface area contributed by atoms with E-state index < -0.39 is 6.08 Å². The molecule has 0 atom stereocenters. The molecule has 0 aromatic carbocycles. The molecule has 1 heterocycles. The monoisotopic (exact) mass is 452 g/mol. The van der Waals surface area contributed by atoms with Gasteiger partial charge in [0.2, 0.25) is 0 Å². The second-order valence-corrected chi connectivity index (χ2v) is 10.7. The highest BCUT2D eigenvalue weighted by atomic mass is 19.3. The normalized spacial score (nSPS) is 34.0. The Morgan fingerprint density at radius 2 is 1.34 bits per heavy atom. The highest BCUT2D eigenvalue weighted by molar-refractivity contribution is 4.88. The highest BCUT2D eigenvalue weighted by Gasteiger charge is 2.30. The molecule has 32 heavy (non-hydrogen) atoms. The quantitative estimate of drug-likeness (QED) is 0.231. The molecular weight excluding hydrogens is 406 g/mol. The summed E-state index contributed by atoms with van der Waals surface area (Å²) in [6.45, 7) is 3.86. The molecule has 0 spiro atoms. The van der Waals surface area contributed by atoms with Crippen LogP contribution in [0.2, 0.25) is 0 Å². The number of hydrogen-bond acceptors (Lipinski definition) is 2. The van der Waals surface area contributed by atoms with Crippen LogP contribution in [-0.4, -0.2) is 19.5 Å². The van der Waals surface area contributed by atoms with Crippen molar-refractivity contribution in [2.75, 3.05) is 13.2 Å². The molecule has 2 saturated carbocycles. The zero-order chi connectivity index (χ0) is 22.6. The topological polar surface area (TPSA) is 18.5 Å². The van der Waals surface area contributed by atoms with Crippen LogP contribution in [0, 0.1) is 29.6 Å². The van der Waals surface area contributed by atoms with E-state index in [1.807, 2.05) is 0 Å². The molecule has 0 aromatic rings. The number of unbranched alkanes of at least 4 members (excludes halogenated alkanes) is 2. The van der Waals surface area contributed by atoms with E-state index in [1.54, 1.807) is 0 Å². The first-order valence-electron chi connectivity index (χ1n) is 13.5. The summed E-state index contributed by atoms with van der Waals surface area (Å²) in [5, 5.41) is 0. The predicted octanol–water partition coefficient (Wildman–Crippen LogP) is 8.68. The van der Waals surface area contributed by atoms with E-state index in [1.165, 1.54) is 70.6 Å². The van der Waals surface area contributed by atoms with Gasteiger partial charge in [-0.25, -0.2) is 0 Å². The lowest BCUT2D eigenvalue weighted by molar-refractivity contribution is -0.175. The molecule has 1 saturated heterocycles. The van der Waals surface area contributed by atoms with Crippen LogP contribution < -0.4 is 0 Å². The van der Waals surface area contributed by atoms with Crippen molar-refractivity contribution in [2.24, 2.45) is 29.6 Å². The molecule has 0 amide bonds. The molecule has 0 unspecified atom stereocenters. The molecule has 2 nitrogen and oxygen atoms in total. The number of hydrogen-bond donors (Lipinski definition) is 0. The Hall–Kier alpha value is -0.740. The molecule has 0 radical (unpaired) electrons. The maximum atomic E-state index is 12.3. The van der Waals surface area contributed by atoms with Gasteiger partial charge in [-0.1, -0.05) is 51.5 Å². The van der Waals surface area contributed by atoms with E-state index in [0.717, 1.165) is 56.3 Å². The van der Waals surface area contributed by atoms with Crippen molar-refractivity contribution >= 4 is 0 Å². The zero-order valence-corrected chi connectivity index (χ0v) is 20.3. The summed E-state index contributed by atoms with van der Waals surface area (Å²) in [6, 6.07) is 0. The van der Waals surface area contributed by atoms with E-state index in [4.69, 9.17) is 9.47 Å². The second kappa shape index (κ2) is 14.5. The van der Waals surface area contributed by atoms with Crippen molar-refractivity contribution in [3.05, 3.63) is 24.3 Å². The minimum atomic E-state index is -1.50. The van der Waals surface area contributed by atoms with Gasteiger partial charge in [0.15, 0.2) is 6.29 Å². The minimum absolute atomic E-state index is 0.127. The molecule has 1 aliphatic heterocycles. The van der Waals surface area contributed by atoms with Crippen molar-refractivity contribution in [2.45, 2.75) is 110 Å². The van der Waals surface area contributed by atoms with Gasteiger partial charge >= 0.3 is 0 Å². The van der Waals surface area contributed by atoms with E-state index in [0.29, 0.717) is 18.3 Å². The molecule has 0 bridgehead atoms. The van der Waals surface area contributed by atoms with E-state index in [-0.39, 0.29) is 6.29 Å². The van der Waals surface area contributed by atoms with Crippen LogP contribution in [0.1, 0.15) is 103 Å². The Balaban J connectivity index is 1.20. The molecule has 3 rings (SSSR count). The first-order chi connectivity index (χ1) is 15.6. The summed E-state index contributed by atoms with van der Waals surface area (Å²) in [5.74, 6) is 3.74. The average molecular weight is 453 g/mol. The fourth-order valence-corrected chi connectivity index (χ4v) is 6.18. The van der Waals surface area contributed by atoms with Crippen molar-refractivity contribution in [1.29, 1.82) is 0 Å². The molecule has 4 heteroatoms. The smallest absolute Gasteiger partial charge is 0.266 e. The van der Waals surface area contributed by atoms with Crippen LogP contribution in [0.3, 0.4) is 0 Å². The minimum Gasteiger partial charge on any atom is -0.349 e. The van der Waals surface area contributed by atoms with Crippen molar-refractivity contribution in [1.82, 2.24) is 0 Å². The van der Waals surface area contributed by atoms with Crippen LogP contribution in [0.15, 0.2) is 24.3 Å². The van der Waals surface area contributed by atoms with Gasteiger partial charge in [0.1, 0.15) is 0 Å². The van der Waals surface area contributed by atoms with Gasteiger partial charge in [-0.3, -0.25) is 0 Å². The summed E-state index contributed by atoms with van der Waals surface area (Å²) in [6.07, 6.45) is 22.3. The molecule has 184 valence electrons.